The molecule has 2 N–H and O–H groups in total. The lowest BCUT2D eigenvalue weighted by molar-refractivity contribution is -0.121. The average Bonchev–Trinajstić information content (AvgIpc) is 2.66. The highest BCUT2D eigenvalue weighted by Gasteiger charge is 2.11. The van der Waals surface area contributed by atoms with Crippen LogP contribution in [0.4, 0.5) is 0 Å². The first kappa shape index (κ1) is 19.8. The van der Waals surface area contributed by atoms with Crippen molar-refractivity contribution in [2.45, 2.75) is 33.2 Å². The summed E-state index contributed by atoms with van der Waals surface area (Å²) in [4.78, 5) is 39.3. The molecule has 3 rings (SSSR count). The first-order valence-corrected chi connectivity index (χ1v) is 9.40. The van der Waals surface area contributed by atoms with Gasteiger partial charge in [0.05, 0.1) is 0 Å². The summed E-state index contributed by atoms with van der Waals surface area (Å²) in [5.41, 5.74) is 3.79. The van der Waals surface area contributed by atoms with Crippen LogP contribution in [0.1, 0.15) is 39.9 Å². The van der Waals surface area contributed by atoms with Crippen molar-refractivity contribution in [2.75, 3.05) is 0 Å². The summed E-state index contributed by atoms with van der Waals surface area (Å²) < 4.78 is 0. The lowest BCUT2D eigenvalue weighted by Gasteiger charge is -2.08. The number of nitrogens with one attached hydrogen (secondary N) is 2. The number of benzene rings is 2. The Balaban J connectivity index is 1.60. The molecule has 1 amide bonds. The fourth-order valence-electron chi connectivity index (χ4n) is 2.94. The van der Waals surface area contributed by atoms with Gasteiger partial charge in [-0.3, -0.25) is 14.4 Å². The van der Waals surface area contributed by atoms with Gasteiger partial charge in [-0.25, -0.2) is 0 Å². The zero-order chi connectivity index (χ0) is 20.3. The summed E-state index contributed by atoms with van der Waals surface area (Å²) in [6.07, 6.45) is 0.158. The van der Waals surface area contributed by atoms with E-state index in [4.69, 9.17) is 11.6 Å². The fourth-order valence-corrected chi connectivity index (χ4v) is 3.07. The number of H-pyrrole nitrogens is 1. The third kappa shape index (κ3) is 4.67. The number of carbonyl (C=O) groups excluding carboxylic acids is 2. The number of hydrogen-bond donors (Lipinski definition) is 2. The smallest absolute Gasteiger partial charge is 0.253 e. The normalized spacial score (nSPS) is 10.8. The van der Waals surface area contributed by atoms with Gasteiger partial charge < -0.3 is 10.3 Å². The first-order chi connectivity index (χ1) is 13.3. The van der Waals surface area contributed by atoms with Gasteiger partial charge in [0.1, 0.15) is 0 Å². The van der Waals surface area contributed by atoms with E-state index in [1.165, 1.54) is 0 Å². The summed E-state index contributed by atoms with van der Waals surface area (Å²) in [5, 5.41) is 4.19. The lowest BCUT2D eigenvalue weighted by Crippen LogP contribution is -2.27. The SMILES string of the molecule is Cc1cc2cc(CNC(=O)CCC(=O)c3ccc(Cl)cc3)c(=O)[nH]c2cc1C. The number of fused-ring (bicyclic) bond motifs is 1. The summed E-state index contributed by atoms with van der Waals surface area (Å²) in [6.45, 7) is 4.12. The van der Waals surface area contributed by atoms with Gasteiger partial charge in [-0.15, -0.1) is 0 Å². The Bertz CT molecular complexity index is 1100. The molecule has 0 radical (unpaired) electrons. The maximum Gasteiger partial charge on any atom is 0.253 e. The Morgan fingerprint density at radius 1 is 1.00 bits per heavy atom. The van der Waals surface area contributed by atoms with Crippen LogP contribution in [0.15, 0.2) is 47.3 Å². The van der Waals surface area contributed by atoms with E-state index in [1.807, 2.05) is 26.0 Å². The molecule has 144 valence electrons. The van der Waals surface area contributed by atoms with Crippen LogP contribution in [0.2, 0.25) is 5.02 Å². The number of rotatable bonds is 6. The Morgan fingerprint density at radius 3 is 2.39 bits per heavy atom. The molecule has 0 bridgehead atoms. The standard InChI is InChI=1S/C22H21ClN2O3/c1-13-9-16-11-17(22(28)25-19(16)10-14(13)2)12-24-21(27)8-7-20(26)15-3-5-18(23)6-4-15/h3-6,9-11H,7-8,12H2,1-2H3,(H,24,27)(H,25,28). The molecule has 28 heavy (non-hydrogen) atoms. The Hall–Kier alpha value is -2.92. The van der Waals surface area contributed by atoms with E-state index in [0.29, 0.717) is 16.1 Å². The fraction of sp³-hybridized carbons (Fsp3) is 0.227. The van der Waals surface area contributed by atoms with Crippen molar-refractivity contribution in [1.29, 1.82) is 0 Å². The van der Waals surface area contributed by atoms with Crippen molar-refractivity contribution in [3.8, 4) is 0 Å². The zero-order valence-electron chi connectivity index (χ0n) is 15.8. The number of aromatic amines is 1. The molecule has 0 aliphatic carbocycles. The van der Waals surface area contributed by atoms with Crippen molar-refractivity contribution >= 4 is 34.2 Å². The van der Waals surface area contributed by atoms with E-state index in [0.717, 1.165) is 22.0 Å². The third-order valence-electron chi connectivity index (χ3n) is 4.76. The number of halogens is 1. The average molecular weight is 397 g/mol. The maximum absolute atomic E-state index is 12.2. The van der Waals surface area contributed by atoms with E-state index >= 15 is 0 Å². The van der Waals surface area contributed by atoms with Crippen LogP contribution in [-0.2, 0) is 11.3 Å². The van der Waals surface area contributed by atoms with Crippen LogP contribution in [-0.4, -0.2) is 16.7 Å². The van der Waals surface area contributed by atoms with Gasteiger partial charge in [0.15, 0.2) is 5.78 Å². The number of hydrogen-bond acceptors (Lipinski definition) is 3. The molecule has 0 aliphatic rings. The van der Waals surface area contributed by atoms with Crippen molar-refractivity contribution in [3.05, 3.63) is 80.1 Å². The van der Waals surface area contributed by atoms with Gasteiger partial charge in [-0.2, -0.15) is 0 Å². The highest BCUT2D eigenvalue weighted by molar-refractivity contribution is 6.30. The molecule has 1 heterocycles. The third-order valence-corrected chi connectivity index (χ3v) is 5.01. The Kier molecular flexibility index (Phi) is 5.95. The second-order valence-electron chi connectivity index (χ2n) is 6.85. The van der Waals surface area contributed by atoms with Crippen molar-refractivity contribution < 1.29 is 9.59 Å². The molecular weight excluding hydrogens is 376 g/mol. The quantitative estimate of drug-likeness (QED) is 0.616. The summed E-state index contributed by atoms with van der Waals surface area (Å²) in [5.74, 6) is -0.400. The molecule has 0 saturated heterocycles. The van der Waals surface area contributed by atoms with Crippen LogP contribution in [0.25, 0.3) is 10.9 Å². The summed E-state index contributed by atoms with van der Waals surface area (Å²) in [7, 11) is 0. The molecular formula is C22H21ClN2O3. The van der Waals surface area contributed by atoms with E-state index in [1.54, 1.807) is 30.3 Å². The Morgan fingerprint density at radius 2 is 1.68 bits per heavy atom. The minimum atomic E-state index is -0.276. The van der Waals surface area contributed by atoms with E-state index in [-0.39, 0.29) is 36.6 Å². The molecule has 0 saturated carbocycles. The maximum atomic E-state index is 12.2. The molecule has 0 fully saturated rings. The molecule has 5 nitrogen and oxygen atoms in total. The molecule has 3 aromatic rings. The second-order valence-corrected chi connectivity index (χ2v) is 7.29. The van der Waals surface area contributed by atoms with Crippen LogP contribution in [0.5, 0.6) is 0 Å². The number of pyridine rings is 1. The van der Waals surface area contributed by atoms with Gasteiger partial charge in [-0.1, -0.05) is 11.6 Å². The highest BCUT2D eigenvalue weighted by Crippen LogP contribution is 2.17. The molecule has 0 aliphatic heterocycles. The van der Waals surface area contributed by atoms with Gasteiger partial charge in [-0.05, 0) is 72.8 Å². The Labute approximate surface area is 167 Å². The van der Waals surface area contributed by atoms with E-state index in [2.05, 4.69) is 10.3 Å². The molecule has 0 atom stereocenters. The number of carbonyl (C=O) groups is 2. The molecule has 2 aromatic carbocycles. The second kappa shape index (κ2) is 8.40. The molecule has 6 heteroatoms. The van der Waals surface area contributed by atoms with E-state index < -0.39 is 0 Å². The summed E-state index contributed by atoms with van der Waals surface area (Å²) >= 11 is 5.81. The van der Waals surface area contributed by atoms with Crippen LogP contribution >= 0.6 is 11.6 Å². The number of aromatic nitrogens is 1. The molecule has 1 aromatic heterocycles. The minimum Gasteiger partial charge on any atom is -0.352 e. The molecule has 0 spiro atoms. The number of aryl methyl sites for hydroxylation is 2. The van der Waals surface area contributed by atoms with Crippen LogP contribution in [0.3, 0.4) is 0 Å². The van der Waals surface area contributed by atoms with Crippen molar-refractivity contribution in [2.24, 2.45) is 0 Å². The first-order valence-electron chi connectivity index (χ1n) is 9.02. The number of amides is 1. The summed E-state index contributed by atoms with van der Waals surface area (Å²) in [6, 6.07) is 12.3. The van der Waals surface area contributed by atoms with Gasteiger partial charge >= 0.3 is 0 Å². The van der Waals surface area contributed by atoms with Gasteiger partial charge in [0.2, 0.25) is 5.91 Å². The van der Waals surface area contributed by atoms with Gasteiger partial charge in [0.25, 0.3) is 5.56 Å². The number of ketones is 1. The van der Waals surface area contributed by atoms with Gasteiger partial charge in [0, 0.05) is 41.1 Å². The van der Waals surface area contributed by atoms with E-state index in [9.17, 15) is 14.4 Å². The lowest BCUT2D eigenvalue weighted by atomic mass is 10.0. The zero-order valence-corrected chi connectivity index (χ0v) is 16.5. The van der Waals surface area contributed by atoms with Crippen LogP contribution < -0.4 is 10.9 Å². The molecule has 0 unspecified atom stereocenters. The van der Waals surface area contributed by atoms with Crippen molar-refractivity contribution in [1.82, 2.24) is 10.3 Å². The highest BCUT2D eigenvalue weighted by atomic mass is 35.5. The van der Waals surface area contributed by atoms with Crippen molar-refractivity contribution in [3.63, 3.8) is 0 Å². The predicted octanol–water partition coefficient (Wildman–Crippen LogP) is 4.08. The predicted molar refractivity (Wildman–Crippen MR) is 111 cm³/mol. The minimum absolute atomic E-state index is 0.0608. The van der Waals surface area contributed by atoms with Crippen LogP contribution in [0, 0.1) is 13.8 Å². The number of Topliss-reactive ketones (excluding diaryl/α,β-unsaturated/α-hetero) is 1. The monoisotopic (exact) mass is 396 g/mol. The largest absolute Gasteiger partial charge is 0.352 e. The topological polar surface area (TPSA) is 79.0 Å².